The molecule has 0 aliphatic heterocycles. The first-order valence-corrected chi connectivity index (χ1v) is 6.22. The molecule has 1 heterocycles. The van der Waals surface area contributed by atoms with Gasteiger partial charge in [-0.2, -0.15) is 0 Å². The maximum absolute atomic E-state index is 9.98. The summed E-state index contributed by atoms with van der Waals surface area (Å²) in [6.07, 6.45) is 2.89. The Morgan fingerprint density at radius 2 is 2.00 bits per heavy atom. The Morgan fingerprint density at radius 3 is 2.59 bits per heavy atom. The molecule has 17 heavy (non-hydrogen) atoms. The molecule has 2 heteroatoms. The molecular formula is C15H21NO. The van der Waals surface area contributed by atoms with E-state index in [9.17, 15) is 5.11 Å². The van der Waals surface area contributed by atoms with E-state index in [1.807, 2.05) is 13.8 Å². The van der Waals surface area contributed by atoms with E-state index in [1.165, 1.54) is 22.0 Å². The third kappa shape index (κ3) is 2.37. The molecule has 0 unspecified atom stereocenters. The summed E-state index contributed by atoms with van der Waals surface area (Å²) in [5, 5.41) is 11.3. The van der Waals surface area contributed by atoms with Gasteiger partial charge in [0.25, 0.3) is 0 Å². The molecule has 0 radical (unpaired) electrons. The van der Waals surface area contributed by atoms with Crippen LogP contribution in [0.25, 0.3) is 10.9 Å². The average molecular weight is 231 g/mol. The first-order valence-electron chi connectivity index (χ1n) is 6.22. The van der Waals surface area contributed by atoms with Gasteiger partial charge in [0, 0.05) is 30.1 Å². The summed E-state index contributed by atoms with van der Waals surface area (Å²) in [7, 11) is 0. The summed E-state index contributed by atoms with van der Waals surface area (Å²) in [5.41, 5.74) is 3.14. The van der Waals surface area contributed by atoms with Crippen LogP contribution in [0.2, 0.25) is 0 Å². The highest BCUT2D eigenvalue weighted by Crippen LogP contribution is 2.27. The topological polar surface area (TPSA) is 25.2 Å². The monoisotopic (exact) mass is 231 g/mol. The van der Waals surface area contributed by atoms with Crippen LogP contribution in [0.15, 0.2) is 24.4 Å². The van der Waals surface area contributed by atoms with Crippen molar-refractivity contribution in [1.82, 2.24) is 4.57 Å². The van der Waals surface area contributed by atoms with E-state index in [-0.39, 0.29) is 0 Å². The lowest BCUT2D eigenvalue weighted by molar-refractivity contribution is 0.0813. The molecule has 0 atom stereocenters. The first-order chi connectivity index (χ1) is 7.92. The SMILES string of the molecule is CCn1cc(C)c2c(CC(C)(C)O)cccc21. The van der Waals surface area contributed by atoms with Gasteiger partial charge in [0.2, 0.25) is 0 Å². The van der Waals surface area contributed by atoms with E-state index >= 15 is 0 Å². The fourth-order valence-electron chi connectivity index (χ4n) is 2.52. The Hall–Kier alpha value is -1.28. The predicted octanol–water partition coefficient (Wildman–Crippen LogP) is 3.28. The van der Waals surface area contributed by atoms with E-state index in [4.69, 9.17) is 0 Å². The minimum Gasteiger partial charge on any atom is -0.390 e. The second-order valence-corrected chi connectivity index (χ2v) is 5.40. The molecule has 0 amide bonds. The zero-order valence-electron chi connectivity index (χ0n) is 11.1. The van der Waals surface area contributed by atoms with Crippen LogP contribution in [-0.2, 0) is 13.0 Å². The van der Waals surface area contributed by atoms with Gasteiger partial charge in [-0.3, -0.25) is 0 Å². The van der Waals surface area contributed by atoms with Crippen molar-refractivity contribution in [2.75, 3.05) is 0 Å². The lowest BCUT2D eigenvalue weighted by Crippen LogP contribution is -2.21. The van der Waals surface area contributed by atoms with Gasteiger partial charge in [-0.1, -0.05) is 12.1 Å². The highest BCUT2D eigenvalue weighted by atomic mass is 16.3. The van der Waals surface area contributed by atoms with Crippen LogP contribution in [0.4, 0.5) is 0 Å². The third-order valence-corrected chi connectivity index (χ3v) is 3.15. The molecule has 2 rings (SSSR count). The highest BCUT2D eigenvalue weighted by molar-refractivity contribution is 5.87. The van der Waals surface area contributed by atoms with Gasteiger partial charge in [0.05, 0.1) is 5.60 Å². The van der Waals surface area contributed by atoms with Gasteiger partial charge < -0.3 is 9.67 Å². The predicted molar refractivity (Wildman–Crippen MR) is 72.4 cm³/mol. The molecular weight excluding hydrogens is 210 g/mol. The molecule has 0 fully saturated rings. The summed E-state index contributed by atoms with van der Waals surface area (Å²) >= 11 is 0. The Labute approximate surface area is 103 Å². The number of fused-ring (bicyclic) bond motifs is 1. The second kappa shape index (κ2) is 4.19. The number of hydrogen-bond acceptors (Lipinski definition) is 1. The fraction of sp³-hybridized carbons (Fsp3) is 0.467. The van der Waals surface area contributed by atoms with Crippen molar-refractivity contribution in [2.45, 2.75) is 46.3 Å². The Bertz CT molecular complexity index is 532. The molecule has 1 N–H and O–H groups in total. The van der Waals surface area contributed by atoms with Crippen LogP contribution < -0.4 is 0 Å². The molecule has 92 valence electrons. The molecule has 0 aliphatic carbocycles. The summed E-state index contributed by atoms with van der Waals surface area (Å²) < 4.78 is 2.26. The van der Waals surface area contributed by atoms with Crippen LogP contribution in [0, 0.1) is 6.92 Å². The zero-order valence-corrected chi connectivity index (χ0v) is 11.1. The number of rotatable bonds is 3. The fourth-order valence-corrected chi connectivity index (χ4v) is 2.52. The second-order valence-electron chi connectivity index (χ2n) is 5.40. The van der Waals surface area contributed by atoms with Crippen molar-refractivity contribution < 1.29 is 5.11 Å². The van der Waals surface area contributed by atoms with Gasteiger partial charge in [0.15, 0.2) is 0 Å². The van der Waals surface area contributed by atoms with E-state index in [0.29, 0.717) is 6.42 Å². The molecule has 0 aliphatic rings. The van der Waals surface area contributed by atoms with Crippen LogP contribution in [0.3, 0.4) is 0 Å². The van der Waals surface area contributed by atoms with E-state index in [0.717, 1.165) is 6.54 Å². The Kier molecular flexibility index (Phi) is 3.00. The molecule has 1 aromatic heterocycles. The molecule has 1 aromatic carbocycles. The third-order valence-electron chi connectivity index (χ3n) is 3.15. The van der Waals surface area contributed by atoms with Crippen LogP contribution in [0.5, 0.6) is 0 Å². The van der Waals surface area contributed by atoms with Gasteiger partial charge in [0.1, 0.15) is 0 Å². The molecule has 0 saturated heterocycles. The van der Waals surface area contributed by atoms with E-state index < -0.39 is 5.60 Å². The summed E-state index contributed by atoms with van der Waals surface area (Å²) in [4.78, 5) is 0. The smallest absolute Gasteiger partial charge is 0.0632 e. The molecule has 0 bridgehead atoms. The largest absolute Gasteiger partial charge is 0.390 e. The Morgan fingerprint density at radius 1 is 1.29 bits per heavy atom. The minimum absolute atomic E-state index is 0.658. The van der Waals surface area contributed by atoms with Gasteiger partial charge in [-0.05, 0) is 44.9 Å². The number of aliphatic hydroxyl groups is 1. The lowest BCUT2D eigenvalue weighted by atomic mass is 9.95. The normalized spacial score (nSPS) is 12.3. The first kappa shape index (κ1) is 12.2. The van der Waals surface area contributed by atoms with Crippen molar-refractivity contribution in [3.05, 3.63) is 35.5 Å². The number of aromatic nitrogens is 1. The lowest BCUT2D eigenvalue weighted by Gasteiger charge is -2.18. The number of benzene rings is 1. The van der Waals surface area contributed by atoms with Crippen molar-refractivity contribution in [3.63, 3.8) is 0 Å². The van der Waals surface area contributed by atoms with Gasteiger partial charge in [-0.25, -0.2) is 0 Å². The maximum Gasteiger partial charge on any atom is 0.0632 e. The number of aryl methyl sites for hydroxylation is 2. The van der Waals surface area contributed by atoms with Crippen LogP contribution in [-0.4, -0.2) is 15.3 Å². The zero-order chi connectivity index (χ0) is 12.6. The molecule has 0 spiro atoms. The number of nitrogens with zero attached hydrogens (tertiary/aromatic N) is 1. The minimum atomic E-state index is -0.658. The Balaban J connectivity index is 2.61. The maximum atomic E-state index is 9.98. The summed E-state index contributed by atoms with van der Waals surface area (Å²) in [5.74, 6) is 0. The van der Waals surface area contributed by atoms with Crippen molar-refractivity contribution in [3.8, 4) is 0 Å². The van der Waals surface area contributed by atoms with Gasteiger partial charge >= 0.3 is 0 Å². The quantitative estimate of drug-likeness (QED) is 0.861. The standard InChI is InChI=1S/C15H21NO/c1-5-16-10-11(2)14-12(9-15(3,4)17)7-6-8-13(14)16/h6-8,10,17H,5,9H2,1-4H3. The van der Waals surface area contributed by atoms with Gasteiger partial charge in [-0.15, -0.1) is 0 Å². The molecule has 2 nitrogen and oxygen atoms in total. The van der Waals surface area contributed by atoms with Crippen molar-refractivity contribution >= 4 is 10.9 Å². The average Bonchev–Trinajstić information content (AvgIpc) is 2.54. The molecule has 2 aromatic rings. The number of hydrogen-bond donors (Lipinski definition) is 1. The summed E-state index contributed by atoms with van der Waals surface area (Å²) in [6, 6.07) is 6.35. The van der Waals surface area contributed by atoms with Crippen LogP contribution >= 0.6 is 0 Å². The van der Waals surface area contributed by atoms with Crippen molar-refractivity contribution in [2.24, 2.45) is 0 Å². The highest BCUT2D eigenvalue weighted by Gasteiger charge is 2.17. The van der Waals surface area contributed by atoms with Crippen LogP contribution in [0.1, 0.15) is 31.9 Å². The molecule has 0 saturated carbocycles. The van der Waals surface area contributed by atoms with E-state index in [2.05, 4.69) is 42.8 Å². The summed E-state index contributed by atoms with van der Waals surface area (Å²) in [6.45, 7) is 9.00. The van der Waals surface area contributed by atoms with E-state index in [1.54, 1.807) is 0 Å². The van der Waals surface area contributed by atoms with Crippen molar-refractivity contribution in [1.29, 1.82) is 0 Å².